The molecule has 1 N–H and O–H groups in total. The minimum absolute atomic E-state index is 0.760. The monoisotopic (exact) mass is 213 g/mol. The third kappa shape index (κ3) is 2.57. The molecule has 0 aromatic carbocycles. The number of hydrogen-bond donors (Lipinski definition) is 1. The van der Waals surface area contributed by atoms with E-state index in [0.717, 1.165) is 12.4 Å². The van der Waals surface area contributed by atoms with E-state index >= 15 is 0 Å². The molecule has 0 saturated heterocycles. The fourth-order valence-corrected chi connectivity index (χ4v) is 1.44. The Labute approximate surface area is 95.6 Å². The van der Waals surface area contributed by atoms with Crippen LogP contribution in [0.3, 0.4) is 0 Å². The van der Waals surface area contributed by atoms with Crippen molar-refractivity contribution in [1.29, 1.82) is 0 Å². The van der Waals surface area contributed by atoms with Gasteiger partial charge in [0.05, 0.1) is 0 Å². The van der Waals surface area contributed by atoms with Crippen LogP contribution >= 0.6 is 0 Å². The fraction of sp³-hybridized carbons (Fsp3) is 0.231. The topological polar surface area (TPSA) is 37.8 Å². The van der Waals surface area contributed by atoms with Crippen LogP contribution in [0.15, 0.2) is 36.8 Å². The number of anilines is 1. The maximum atomic E-state index is 4.29. The molecular weight excluding hydrogens is 198 g/mol. The van der Waals surface area contributed by atoms with Gasteiger partial charge in [0.15, 0.2) is 0 Å². The van der Waals surface area contributed by atoms with Crippen molar-refractivity contribution in [3.05, 3.63) is 53.5 Å². The molecule has 0 aliphatic rings. The maximum Gasteiger partial charge on any atom is 0.126 e. The summed E-state index contributed by atoms with van der Waals surface area (Å²) in [5.74, 6) is 0.897. The van der Waals surface area contributed by atoms with Gasteiger partial charge in [-0.25, -0.2) is 4.98 Å². The first-order valence-corrected chi connectivity index (χ1v) is 5.32. The van der Waals surface area contributed by atoms with Crippen molar-refractivity contribution in [3.8, 4) is 0 Å². The molecule has 0 fully saturated rings. The molecule has 82 valence electrons. The summed E-state index contributed by atoms with van der Waals surface area (Å²) in [6.07, 6.45) is 5.55. The predicted octanol–water partition coefficient (Wildman–Crippen LogP) is 2.71. The number of aryl methyl sites for hydroxylation is 2. The van der Waals surface area contributed by atoms with Crippen LogP contribution in [0.1, 0.15) is 16.7 Å². The van der Waals surface area contributed by atoms with Crippen LogP contribution in [0.2, 0.25) is 0 Å². The molecular formula is C13H15N3. The van der Waals surface area contributed by atoms with Gasteiger partial charge < -0.3 is 5.32 Å². The third-order valence-corrected chi connectivity index (χ3v) is 2.52. The maximum absolute atomic E-state index is 4.29. The van der Waals surface area contributed by atoms with Crippen LogP contribution in [0.5, 0.6) is 0 Å². The number of hydrogen-bond acceptors (Lipinski definition) is 3. The van der Waals surface area contributed by atoms with Gasteiger partial charge in [-0.1, -0.05) is 6.07 Å². The van der Waals surface area contributed by atoms with Gasteiger partial charge in [-0.15, -0.1) is 0 Å². The Morgan fingerprint density at radius 1 is 1.12 bits per heavy atom. The molecule has 2 heterocycles. The predicted molar refractivity (Wildman–Crippen MR) is 65.3 cm³/mol. The Kier molecular flexibility index (Phi) is 3.15. The lowest BCUT2D eigenvalue weighted by atomic mass is 10.1. The van der Waals surface area contributed by atoms with E-state index in [0.29, 0.717) is 0 Å². The first-order chi connectivity index (χ1) is 7.75. The van der Waals surface area contributed by atoms with E-state index in [2.05, 4.69) is 22.2 Å². The summed E-state index contributed by atoms with van der Waals surface area (Å²) in [6, 6.07) is 6.05. The highest BCUT2D eigenvalue weighted by Crippen LogP contribution is 2.09. The molecule has 0 aliphatic heterocycles. The van der Waals surface area contributed by atoms with Gasteiger partial charge in [0.25, 0.3) is 0 Å². The molecule has 0 aliphatic carbocycles. The average molecular weight is 213 g/mol. The van der Waals surface area contributed by atoms with Gasteiger partial charge in [-0.2, -0.15) is 0 Å². The molecule has 2 rings (SSSR count). The SMILES string of the molecule is Cc1ccc(NCc2cnccc2C)nc1. The lowest BCUT2D eigenvalue weighted by molar-refractivity contribution is 1.06. The Morgan fingerprint density at radius 2 is 2.00 bits per heavy atom. The Bertz CT molecular complexity index is 463. The lowest BCUT2D eigenvalue weighted by Gasteiger charge is -2.07. The van der Waals surface area contributed by atoms with Gasteiger partial charge in [0.2, 0.25) is 0 Å². The van der Waals surface area contributed by atoms with Gasteiger partial charge in [0, 0.05) is 25.1 Å². The molecule has 3 nitrogen and oxygen atoms in total. The Hall–Kier alpha value is -1.90. The van der Waals surface area contributed by atoms with E-state index in [-0.39, 0.29) is 0 Å². The van der Waals surface area contributed by atoms with Crippen LogP contribution < -0.4 is 5.32 Å². The zero-order chi connectivity index (χ0) is 11.4. The van der Waals surface area contributed by atoms with E-state index in [4.69, 9.17) is 0 Å². The number of nitrogens with one attached hydrogen (secondary N) is 1. The van der Waals surface area contributed by atoms with E-state index in [1.165, 1.54) is 16.7 Å². The van der Waals surface area contributed by atoms with Crippen molar-refractivity contribution in [1.82, 2.24) is 9.97 Å². The molecule has 2 aromatic rings. The molecule has 0 spiro atoms. The van der Waals surface area contributed by atoms with Crippen LogP contribution in [-0.4, -0.2) is 9.97 Å². The van der Waals surface area contributed by atoms with E-state index < -0.39 is 0 Å². The summed E-state index contributed by atoms with van der Waals surface area (Å²) in [6.45, 7) is 4.87. The first-order valence-electron chi connectivity index (χ1n) is 5.32. The van der Waals surface area contributed by atoms with Gasteiger partial charge in [-0.05, 0) is 42.7 Å². The summed E-state index contributed by atoms with van der Waals surface area (Å²) in [5.41, 5.74) is 3.61. The van der Waals surface area contributed by atoms with Crippen LogP contribution in [-0.2, 0) is 6.54 Å². The summed E-state index contributed by atoms with van der Waals surface area (Å²) in [4.78, 5) is 8.40. The molecule has 0 bridgehead atoms. The molecule has 3 heteroatoms. The van der Waals surface area contributed by atoms with Gasteiger partial charge in [-0.3, -0.25) is 4.98 Å². The highest BCUT2D eigenvalue weighted by molar-refractivity contribution is 5.37. The molecule has 0 unspecified atom stereocenters. The van der Waals surface area contributed by atoms with Gasteiger partial charge in [0.1, 0.15) is 5.82 Å². The average Bonchev–Trinajstić information content (AvgIpc) is 2.30. The molecule has 0 radical (unpaired) electrons. The zero-order valence-corrected chi connectivity index (χ0v) is 9.57. The van der Waals surface area contributed by atoms with E-state index in [9.17, 15) is 0 Å². The van der Waals surface area contributed by atoms with Gasteiger partial charge >= 0.3 is 0 Å². The third-order valence-electron chi connectivity index (χ3n) is 2.52. The number of rotatable bonds is 3. The lowest BCUT2D eigenvalue weighted by Crippen LogP contribution is -2.03. The first kappa shape index (κ1) is 10.6. The van der Waals surface area contributed by atoms with Crippen molar-refractivity contribution in [2.45, 2.75) is 20.4 Å². The van der Waals surface area contributed by atoms with Crippen LogP contribution in [0, 0.1) is 13.8 Å². The van der Waals surface area contributed by atoms with E-state index in [1.54, 1.807) is 0 Å². The van der Waals surface area contributed by atoms with Crippen molar-refractivity contribution < 1.29 is 0 Å². The summed E-state index contributed by atoms with van der Waals surface area (Å²) in [5, 5.41) is 3.28. The highest BCUT2D eigenvalue weighted by Gasteiger charge is 1.98. The smallest absolute Gasteiger partial charge is 0.126 e. The fourth-order valence-electron chi connectivity index (χ4n) is 1.44. The standard InChI is InChI=1S/C13H15N3/c1-10-3-4-13(15-7-10)16-9-12-8-14-6-5-11(12)2/h3-8H,9H2,1-2H3,(H,15,16). The molecule has 0 amide bonds. The van der Waals surface area contributed by atoms with E-state index in [1.807, 2.05) is 43.7 Å². The normalized spacial score (nSPS) is 10.1. The summed E-state index contributed by atoms with van der Waals surface area (Å²) in [7, 11) is 0. The van der Waals surface area contributed by atoms with Crippen molar-refractivity contribution in [2.75, 3.05) is 5.32 Å². The summed E-state index contributed by atoms with van der Waals surface area (Å²) < 4.78 is 0. The largest absolute Gasteiger partial charge is 0.366 e. The quantitative estimate of drug-likeness (QED) is 0.851. The minimum Gasteiger partial charge on any atom is -0.366 e. The zero-order valence-electron chi connectivity index (χ0n) is 9.57. The molecule has 2 aromatic heterocycles. The number of nitrogens with zero attached hydrogens (tertiary/aromatic N) is 2. The van der Waals surface area contributed by atoms with Crippen molar-refractivity contribution in [3.63, 3.8) is 0 Å². The molecule has 16 heavy (non-hydrogen) atoms. The number of aromatic nitrogens is 2. The Morgan fingerprint density at radius 3 is 2.69 bits per heavy atom. The van der Waals surface area contributed by atoms with Crippen LogP contribution in [0.4, 0.5) is 5.82 Å². The number of pyridine rings is 2. The molecule has 0 atom stereocenters. The second-order valence-corrected chi connectivity index (χ2v) is 3.88. The Balaban J connectivity index is 2.02. The molecule has 0 saturated carbocycles. The van der Waals surface area contributed by atoms with Crippen LogP contribution in [0.25, 0.3) is 0 Å². The van der Waals surface area contributed by atoms with Crippen molar-refractivity contribution in [2.24, 2.45) is 0 Å². The van der Waals surface area contributed by atoms with Crippen molar-refractivity contribution >= 4 is 5.82 Å². The highest BCUT2D eigenvalue weighted by atomic mass is 15.0. The second-order valence-electron chi connectivity index (χ2n) is 3.88. The second kappa shape index (κ2) is 4.75. The summed E-state index contributed by atoms with van der Waals surface area (Å²) >= 11 is 0. The minimum atomic E-state index is 0.760.